The lowest BCUT2D eigenvalue weighted by atomic mass is 10.1. The van der Waals surface area contributed by atoms with Gasteiger partial charge in [-0.3, -0.25) is 4.79 Å². The Kier molecular flexibility index (Phi) is 5.29. The van der Waals surface area contributed by atoms with Crippen LogP contribution >= 0.6 is 27.5 Å². The van der Waals surface area contributed by atoms with Crippen LogP contribution in [0.4, 0.5) is 0 Å². The fraction of sp³-hybridized carbons (Fsp3) is 0.417. The average Bonchev–Trinajstić information content (AvgIpc) is 2.28. The maximum Gasteiger partial charge on any atom is 0.234 e. The second kappa shape index (κ2) is 6.26. The lowest BCUT2D eigenvalue weighted by Gasteiger charge is -2.16. The van der Waals surface area contributed by atoms with E-state index in [1.54, 1.807) is 0 Å². The van der Waals surface area contributed by atoms with Crippen LogP contribution in [0.25, 0.3) is 0 Å². The van der Waals surface area contributed by atoms with Crippen molar-refractivity contribution in [3.8, 4) is 0 Å². The van der Waals surface area contributed by atoms with Crippen LogP contribution < -0.4 is 5.32 Å². The number of nitrogens with one attached hydrogen (secondary N) is 1. The van der Waals surface area contributed by atoms with Gasteiger partial charge in [-0.15, -0.1) is 0 Å². The number of benzene rings is 1. The Labute approximate surface area is 110 Å². The quantitative estimate of drug-likeness (QED) is 0.845. The van der Waals surface area contributed by atoms with Gasteiger partial charge >= 0.3 is 0 Å². The Morgan fingerprint density at radius 3 is 2.50 bits per heavy atom. The molecular formula is C12H15BrClNO. The zero-order chi connectivity index (χ0) is 12.1. The summed E-state index contributed by atoms with van der Waals surface area (Å²) < 4.78 is 0. The largest absolute Gasteiger partial charge is 0.349 e. The molecule has 1 rings (SSSR count). The standard InChI is InChI=1S/C12H15BrClNO/c1-3-11(13)12(16)15-8(2)9-4-6-10(14)7-5-9/h4-8,11H,3H2,1-2H3,(H,15,16)/t8-,11?/m0/s1. The third kappa shape index (κ3) is 3.80. The van der Waals surface area contributed by atoms with Crippen molar-refractivity contribution in [3.05, 3.63) is 34.9 Å². The first kappa shape index (κ1) is 13.5. The number of hydrogen-bond acceptors (Lipinski definition) is 1. The second-order valence-electron chi connectivity index (χ2n) is 3.66. The number of alkyl halides is 1. The molecule has 0 aliphatic carbocycles. The van der Waals surface area contributed by atoms with Gasteiger partial charge in [0, 0.05) is 5.02 Å². The molecule has 0 saturated carbocycles. The molecule has 2 nitrogen and oxygen atoms in total. The van der Waals surface area contributed by atoms with E-state index in [2.05, 4.69) is 21.2 Å². The van der Waals surface area contributed by atoms with E-state index in [-0.39, 0.29) is 16.8 Å². The van der Waals surface area contributed by atoms with Gasteiger partial charge in [-0.05, 0) is 31.0 Å². The first-order valence-corrected chi connectivity index (χ1v) is 6.54. The second-order valence-corrected chi connectivity index (χ2v) is 5.20. The molecular weight excluding hydrogens is 289 g/mol. The average molecular weight is 305 g/mol. The van der Waals surface area contributed by atoms with E-state index in [1.807, 2.05) is 38.1 Å². The van der Waals surface area contributed by atoms with Crippen LogP contribution in [0.5, 0.6) is 0 Å². The summed E-state index contributed by atoms with van der Waals surface area (Å²) in [4.78, 5) is 11.5. The maximum atomic E-state index is 11.6. The van der Waals surface area contributed by atoms with E-state index in [0.29, 0.717) is 5.02 Å². The molecule has 1 aromatic rings. The summed E-state index contributed by atoms with van der Waals surface area (Å²) in [5, 5.41) is 3.64. The van der Waals surface area contributed by atoms with Crippen LogP contribution in [0.3, 0.4) is 0 Å². The summed E-state index contributed by atoms with van der Waals surface area (Å²) in [6.07, 6.45) is 0.777. The van der Waals surface area contributed by atoms with E-state index < -0.39 is 0 Å². The molecule has 0 bridgehead atoms. The van der Waals surface area contributed by atoms with Crippen molar-refractivity contribution in [1.29, 1.82) is 0 Å². The number of hydrogen-bond donors (Lipinski definition) is 1. The van der Waals surface area contributed by atoms with Crippen LogP contribution in [0.1, 0.15) is 31.9 Å². The highest BCUT2D eigenvalue weighted by Gasteiger charge is 2.15. The molecule has 1 aromatic carbocycles. The summed E-state index contributed by atoms with van der Waals surface area (Å²) in [6, 6.07) is 7.48. The van der Waals surface area contributed by atoms with E-state index in [0.717, 1.165) is 12.0 Å². The summed E-state index contributed by atoms with van der Waals surface area (Å²) in [5.41, 5.74) is 1.05. The minimum atomic E-state index is -0.123. The number of carbonyl (C=O) groups excluding carboxylic acids is 1. The van der Waals surface area contributed by atoms with Gasteiger partial charge in [0.1, 0.15) is 0 Å². The molecule has 0 heterocycles. The Morgan fingerprint density at radius 1 is 1.44 bits per heavy atom. The summed E-state index contributed by atoms with van der Waals surface area (Å²) in [6.45, 7) is 3.92. The highest BCUT2D eigenvalue weighted by Crippen LogP contribution is 2.17. The molecule has 1 N–H and O–H groups in total. The van der Waals surface area contributed by atoms with Gasteiger partial charge in [-0.1, -0.05) is 46.6 Å². The molecule has 0 spiro atoms. The van der Waals surface area contributed by atoms with Gasteiger partial charge in [0.2, 0.25) is 5.91 Å². The van der Waals surface area contributed by atoms with E-state index in [1.165, 1.54) is 0 Å². The van der Waals surface area contributed by atoms with Crippen molar-refractivity contribution in [3.63, 3.8) is 0 Å². The molecule has 1 unspecified atom stereocenters. The van der Waals surface area contributed by atoms with Crippen molar-refractivity contribution >= 4 is 33.4 Å². The van der Waals surface area contributed by atoms with Crippen LogP contribution in [-0.4, -0.2) is 10.7 Å². The highest BCUT2D eigenvalue weighted by atomic mass is 79.9. The molecule has 2 atom stereocenters. The number of amides is 1. The smallest absolute Gasteiger partial charge is 0.234 e. The van der Waals surface area contributed by atoms with Gasteiger partial charge < -0.3 is 5.32 Å². The zero-order valence-corrected chi connectivity index (χ0v) is 11.7. The maximum absolute atomic E-state index is 11.6. The number of carbonyl (C=O) groups is 1. The van der Waals surface area contributed by atoms with Gasteiger partial charge in [0.15, 0.2) is 0 Å². The van der Waals surface area contributed by atoms with Gasteiger partial charge in [-0.25, -0.2) is 0 Å². The van der Waals surface area contributed by atoms with Crippen LogP contribution in [0.2, 0.25) is 5.02 Å². The van der Waals surface area contributed by atoms with Gasteiger partial charge in [0.25, 0.3) is 0 Å². The van der Waals surface area contributed by atoms with E-state index in [4.69, 9.17) is 11.6 Å². The molecule has 1 amide bonds. The molecule has 0 aliphatic rings. The Balaban J connectivity index is 2.62. The topological polar surface area (TPSA) is 29.1 Å². The lowest BCUT2D eigenvalue weighted by molar-refractivity contribution is -0.121. The van der Waals surface area contributed by atoms with Crippen LogP contribution in [-0.2, 0) is 4.79 Å². The minimum absolute atomic E-state index is 0.00336. The molecule has 4 heteroatoms. The SMILES string of the molecule is CCC(Br)C(=O)N[C@@H](C)c1ccc(Cl)cc1. The van der Waals surface area contributed by atoms with Crippen molar-refractivity contribution in [1.82, 2.24) is 5.32 Å². The summed E-state index contributed by atoms with van der Waals surface area (Å²) in [7, 11) is 0. The predicted octanol–water partition coefficient (Wildman–Crippen LogP) is 3.69. The Bertz CT molecular complexity index is 353. The third-order valence-electron chi connectivity index (χ3n) is 2.37. The molecule has 0 aromatic heterocycles. The van der Waals surface area contributed by atoms with Gasteiger partial charge in [-0.2, -0.15) is 0 Å². The first-order chi connectivity index (χ1) is 7.54. The number of halogens is 2. The highest BCUT2D eigenvalue weighted by molar-refractivity contribution is 9.10. The monoisotopic (exact) mass is 303 g/mol. The molecule has 0 saturated heterocycles. The Hall–Kier alpha value is -0.540. The van der Waals surface area contributed by atoms with Crippen LogP contribution in [0, 0.1) is 0 Å². The molecule has 0 aliphatic heterocycles. The van der Waals surface area contributed by atoms with Crippen molar-refractivity contribution in [2.45, 2.75) is 31.1 Å². The molecule has 16 heavy (non-hydrogen) atoms. The predicted molar refractivity (Wildman–Crippen MR) is 71.0 cm³/mol. The Morgan fingerprint density at radius 2 is 2.00 bits per heavy atom. The molecule has 0 radical (unpaired) electrons. The summed E-state index contributed by atoms with van der Waals surface area (Å²) in [5.74, 6) is 0.0185. The lowest BCUT2D eigenvalue weighted by Crippen LogP contribution is -2.32. The fourth-order valence-electron chi connectivity index (χ4n) is 1.32. The fourth-order valence-corrected chi connectivity index (χ4v) is 1.58. The van der Waals surface area contributed by atoms with Crippen molar-refractivity contribution in [2.24, 2.45) is 0 Å². The molecule has 88 valence electrons. The molecule has 0 fully saturated rings. The third-order valence-corrected chi connectivity index (χ3v) is 3.69. The van der Waals surface area contributed by atoms with Crippen molar-refractivity contribution < 1.29 is 4.79 Å². The first-order valence-electron chi connectivity index (χ1n) is 5.24. The van der Waals surface area contributed by atoms with E-state index in [9.17, 15) is 4.79 Å². The number of rotatable bonds is 4. The normalized spacial score (nSPS) is 14.2. The van der Waals surface area contributed by atoms with Gasteiger partial charge in [0.05, 0.1) is 10.9 Å². The van der Waals surface area contributed by atoms with Crippen molar-refractivity contribution in [2.75, 3.05) is 0 Å². The van der Waals surface area contributed by atoms with Crippen LogP contribution in [0.15, 0.2) is 24.3 Å². The minimum Gasteiger partial charge on any atom is -0.349 e. The summed E-state index contributed by atoms with van der Waals surface area (Å²) >= 11 is 9.12. The zero-order valence-electron chi connectivity index (χ0n) is 9.34. The van der Waals surface area contributed by atoms with E-state index >= 15 is 0 Å².